The van der Waals surface area contributed by atoms with E-state index >= 15 is 0 Å². The molecule has 0 N–H and O–H groups in total. The Balaban J connectivity index is 2.68. The maximum Gasteiger partial charge on any atom is 0.296 e. The van der Waals surface area contributed by atoms with Gasteiger partial charge in [-0.25, -0.2) is 9.67 Å². The Morgan fingerprint density at radius 2 is 2.27 bits per heavy atom. The third-order valence-corrected chi connectivity index (χ3v) is 2.12. The zero-order valence-electron chi connectivity index (χ0n) is 7.37. The van der Waals surface area contributed by atoms with Crippen LogP contribution in [0.2, 0.25) is 5.02 Å². The summed E-state index contributed by atoms with van der Waals surface area (Å²) in [5.74, 6) is 0. The third kappa shape index (κ3) is 1.66. The molecule has 0 aliphatic rings. The van der Waals surface area contributed by atoms with Crippen molar-refractivity contribution in [2.75, 3.05) is 0 Å². The molecule has 1 aromatic carbocycles. The summed E-state index contributed by atoms with van der Waals surface area (Å²) in [5.41, 5.74) is 0.120. The van der Waals surface area contributed by atoms with Crippen LogP contribution in [-0.4, -0.2) is 19.7 Å². The Kier molecular flexibility index (Phi) is 2.34. The predicted octanol–water partition coefficient (Wildman–Crippen LogP) is 1.83. The zero-order valence-corrected chi connectivity index (χ0v) is 8.13. The Morgan fingerprint density at radius 1 is 1.47 bits per heavy atom. The molecule has 76 valence electrons. The van der Waals surface area contributed by atoms with Crippen LogP contribution in [0.25, 0.3) is 5.69 Å². The standard InChI is InChI=1S/C8H5ClN4O2/c9-6-2-1-3-7(13(14)15)8(6)12-5-10-4-11-12/h1-5H. The summed E-state index contributed by atoms with van der Waals surface area (Å²) in [6.07, 6.45) is 2.64. The van der Waals surface area contributed by atoms with Crippen LogP contribution in [0.5, 0.6) is 0 Å². The van der Waals surface area contributed by atoms with Gasteiger partial charge in [0.25, 0.3) is 5.69 Å². The van der Waals surface area contributed by atoms with E-state index in [1.54, 1.807) is 6.07 Å². The molecule has 0 saturated heterocycles. The van der Waals surface area contributed by atoms with Crippen LogP contribution in [0.1, 0.15) is 0 Å². The summed E-state index contributed by atoms with van der Waals surface area (Å²) in [5, 5.41) is 14.8. The van der Waals surface area contributed by atoms with Gasteiger partial charge in [-0.1, -0.05) is 17.7 Å². The van der Waals surface area contributed by atoms with Crippen LogP contribution in [-0.2, 0) is 0 Å². The molecule has 0 aliphatic carbocycles. The van der Waals surface area contributed by atoms with Crippen molar-refractivity contribution in [3.63, 3.8) is 0 Å². The number of benzene rings is 1. The molecule has 1 aromatic heterocycles. The van der Waals surface area contributed by atoms with Gasteiger partial charge in [0.15, 0.2) is 5.69 Å². The number of nitro benzene ring substituents is 1. The lowest BCUT2D eigenvalue weighted by Crippen LogP contribution is -2.01. The summed E-state index contributed by atoms with van der Waals surface area (Å²) in [6, 6.07) is 4.44. The number of nitrogens with zero attached hydrogens (tertiary/aromatic N) is 4. The lowest BCUT2D eigenvalue weighted by molar-refractivity contribution is -0.384. The largest absolute Gasteiger partial charge is 0.296 e. The smallest absolute Gasteiger partial charge is 0.258 e. The van der Waals surface area contributed by atoms with E-state index in [1.165, 1.54) is 29.5 Å². The first-order chi connectivity index (χ1) is 7.20. The van der Waals surface area contributed by atoms with Gasteiger partial charge in [-0.05, 0) is 6.07 Å². The minimum Gasteiger partial charge on any atom is -0.258 e. The summed E-state index contributed by atoms with van der Waals surface area (Å²) >= 11 is 5.87. The van der Waals surface area contributed by atoms with E-state index in [0.717, 1.165) is 0 Å². The molecule has 1 heterocycles. The summed E-state index contributed by atoms with van der Waals surface area (Å²) < 4.78 is 1.26. The quantitative estimate of drug-likeness (QED) is 0.576. The molecule has 0 atom stereocenters. The fourth-order valence-electron chi connectivity index (χ4n) is 1.20. The number of rotatable bonds is 2. The van der Waals surface area contributed by atoms with Crippen molar-refractivity contribution in [1.82, 2.24) is 14.8 Å². The fourth-order valence-corrected chi connectivity index (χ4v) is 1.46. The van der Waals surface area contributed by atoms with Crippen molar-refractivity contribution >= 4 is 17.3 Å². The summed E-state index contributed by atoms with van der Waals surface area (Å²) in [6.45, 7) is 0. The minimum absolute atomic E-state index is 0.104. The first kappa shape index (κ1) is 9.60. The summed E-state index contributed by atoms with van der Waals surface area (Å²) in [4.78, 5) is 14.0. The molecular formula is C8H5ClN4O2. The maximum absolute atomic E-state index is 10.8. The van der Waals surface area contributed by atoms with E-state index in [-0.39, 0.29) is 16.4 Å². The van der Waals surface area contributed by atoms with Gasteiger partial charge in [0.05, 0.1) is 9.95 Å². The van der Waals surface area contributed by atoms with Crippen molar-refractivity contribution in [3.05, 3.63) is 46.0 Å². The highest BCUT2D eigenvalue weighted by atomic mass is 35.5. The Bertz CT molecular complexity index is 497. The van der Waals surface area contributed by atoms with Gasteiger partial charge in [0.1, 0.15) is 12.7 Å². The van der Waals surface area contributed by atoms with Crippen LogP contribution < -0.4 is 0 Å². The lowest BCUT2D eigenvalue weighted by atomic mass is 10.3. The molecule has 2 rings (SSSR count). The maximum atomic E-state index is 10.8. The van der Waals surface area contributed by atoms with Crippen LogP contribution >= 0.6 is 11.6 Å². The van der Waals surface area contributed by atoms with Gasteiger partial charge in [0.2, 0.25) is 0 Å². The van der Waals surface area contributed by atoms with E-state index in [1.807, 2.05) is 0 Å². The van der Waals surface area contributed by atoms with Gasteiger partial charge in [0, 0.05) is 6.07 Å². The van der Waals surface area contributed by atoms with Crippen LogP contribution in [0.3, 0.4) is 0 Å². The second-order valence-electron chi connectivity index (χ2n) is 2.70. The molecule has 0 unspecified atom stereocenters. The van der Waals surface area contributed by atoms with Crippen LogP contribution in [0.4, 0.5) is 5.69 Å². The first-order valence-electron chi connectivity index (χ1n) is 3.98. The molecule has 7 heteroatoms. The van der Waals surface area contributed by atoms with E-state index in [9.17, 15) is 10.1 Å². The highest BCUT2D eigenvalue weighted by molar-refractivity contribution is 6.32. The second kappa shape index (κ2) is 3.66. The third-order valence-electron chi connectivity index (χ3n) is 1.81. The van der Waals surface area contributed by atoms with Crippen LogP contribution in [0.15, 0.2) is 30.9 Å². The molecule has 6 nitrogen and oxygen atoms in total. The molecule has 0 bridgehead atoms. The lowest BCUT2D eigenvalue weighted by Gasteiger charge is -2.03. The van der Waals surface area contributed by atoms with E-state index in [4.69, 9.17) is 11.6 Å². The SMILES string of the molecule is O=[N+]([O-])c1cccc(Cl)c1-n1cncn1. The average Bonchev–Trinajstić information content (AvgIpc) is 2.70. The van der Waals surface area contributed by atoms with Gasteiger partial charge in [-0.2, -0.15) is 5.10 Å². The molecule has 15 heavy (non-hydrogen) atoms. The number of para-hydroxylation sites is 1. The van der Waals surface area contributed by atoms with Gasteiger partial charge in [-0.3, -0.25) is 10.1 Å². The Labute approximate surface area is 89.3 Å². The first-order valence-corrected chi connectivity index (χ1v) is 4.36. The van der Waals surface area contributed by atoms with Crippen molar-refractivity contribution in [3.8, 4) is 5.69 Å². The Morgan fingerprint density at radius 3 is 2.87 bits per heavy atom. The molecule has 0 amide bonds. The van der Waals surface area contributed by atoms with E-state index in [2.05, 4.69) is 10.1 Å². The monoisotopic (exact) mass is 224 g/mol. The van der Waals surface area contributed by atoms with Crippen molar-refractivity contribution in [1.29, 1.82) is 0 Å². The molecule has 0 aliphatic heterocycles. The highest BCUT2D eigenvalue weighted by Gasteiger charge is 2.18. The number of nitro groups is 1. The average molecular weight is 225 g/mol. The number of hydrogen-bond donors (Lipinski definition) is 0. The van der Waals surface area contributed by atoms with Crippen molar-refractivity contribution in [2.45, 2.75) is 0 Å². The molecule has 0 radical (unpaired) electrons. The normalized spacial score (nSPS) is 10.2. The van der Waals surface area contributed by atoms with E-state index in [0.29, 0.717) is 0 Å². The Hall–Kier alpha value is -1.95. The van der Waals surface area contributed by atoms with Crippen molar-refractivity contribution in [2.24, 2.45) is 0 Å². The molecule has 0 spiro atoms. The highest BCUT2D eigenvalue weighted by Crippen LogP contribution is 2.28. The minimum atomic E-state index is -0.511. The van der Waals surface area contributed by atoms with Gasteiger partial charge in [-0.15, -0.1) is 0 Å². The number of aromatic nitrogens is 3. The molecular weight excluding hydrogens is 220 g/mol. The topological polar surface area (TPSA) is 73.8 Å². The second-order valence-corrected chi connectivity index (χ2v) is 3.11. The fraction of sp³-hybridized carbons (Fsp3) is 0. The molecule has 0 saturated carbocycles. The molecule has 2 aromatic rings. The van der Waals surface area contributed by atoms with Gasteiger partial charge >= 0.3 is 0 Å². The summed E-state index contributed by atoms with van der Waals surface area (Å²) in [7, 11) is 0. The number of halogens is 1. The van der Waals surface area contributed by atoms with E-state index < -0.39 is 4.92 Å². The van der Waals surface area contributed by atoms with Gasteiger partial charge < -0.3 is 0 Å². The predicted molar refractivity (Wildman–Crippen MR) is 53.0 cm³/mol. The van der Waals surface area contributed by atoms with Crippen LogP contribution in [0, 0.1) is 10.1 Å². The van der Waals surface area contributed by atoms with Crippen molar-refractivity contribution < 1.29 is 4.92 Å². The zero-order chi connectivity index (χ0) is 10.8. The number of hydrogen-bond acceptors (Lipinski definition) is 4. The molecule has 0 fully saturated rings.